The maximum absolute atomic E-state index is 12.6. The first-order valence-corrected chi connectivity index (χ1v) is 11.5. The van der Waals surface area contributed by atoms with Gasteiger partial charge in [-0.3, -0.25) is 9.59 Å². The molecule has 156 valence electrons. The Morgan fingerprint density at radius 2 is 1.90 bits per heavy atom. The Bertz CT molecular complexity index is 1010. The molecule has 2 aromatic heterocycles. The molecule has 1 aliphatic rings. The number of amides is 2. The normalized spacial score (nSPS) is 14.6. The molecule has 1 aromatic carbocycles. The molecule has 0 unspecified atom stereocenters. The zero-order valence-electron chi connectivity index (χ0n) is 16.4. The third-order valence-corrected chi connectivity index (χ3v) is 6.54. The van der Waals surface area contributed by atoms with Gasteiger partial charge >= 0.3 is 0 Å². The Balaban J connectivity index is 1.27. The standard InChI is InChI=1S/C21H22BrN5O2S/c22-15-4-6-16(7-5-15)24-18(28)8-9-19(29)26-11-2-12-27(14-13-26)21-25-17-3-1-10-23-20(17)30-21/h1,3-7,10H,2,8-9,11-14H2,(H,24,28). The second kappa shape index (κ2) is 9.53. The van der Waals surface area contributed by atoms with Crippen LogP contribution in [-0.4, -0.2) is 52.9 Å². The third-order valence-electron chi connectivity index (χ3n) is 4.97. The predicted molar refractivity (Wildman–Crippen MR) is 123 cm³/mol. The fourth-order valence-corrected chi connectivity index (χ4v) is 4.61. The van der Waals surface area contributed by atoms with E-state index in [1.807, 2.05) is 41.3 Å². The SMILES string of the molecule is O=C(CCC(=O)N1CCCN(c2nc3cccnc3s2)CC1)Nc1ccc(Br)cc1. The summed E-state index contributed by atoms with van der Waals surface area (Å²) in [5, 5.41) is 3.78. The van der Waals surface area contributed by atoms with Crippen LogP contribution in [0.15, 0.2) is 47.1 Å². The summed E-state index contributed by atoms with van der Waals surface area (Å²) < 4.78 is 0.952. The molecule has 30 heavy (non-hydrogen) atoms. The number of hydrogen-bond donors (Lipinski definition) is 1. The van der Waals surface area contributed by atoms with Gasteiger partial charge in [-0.2, -0.15) is 0 Å². The maximum atomic E-state index is 12.6. The van der Waals surface area contributed by atoms with Gasteiger partial charge in [0.1, 0.15) is 10.3 Å². The second-order valence-corrected chi connectivity index (χ2v) is 8.97. The quantitative estimate of drug-likeness (QED) is 0.589. The molecule has 0 spiro atoms. The number of halogens is 1. The molecule has 4 rings (SSSR count). The van der Waals surface area contributed by atoms with Crippen LogP contribution < -0.4 is 10.2 Å². The van der Waals surface area contributed by atoms with E-state index in [4.69, 9.17) is 0 Å². The topological polar surface area (TPSA) is 78.4 Å². The number of carbonyl (C=O) groups is 2. The number of hydrogen-bond acceptors (Lipinski definition) is 6. The van der Waals surface area contributed by atoms with Crippen molar-refractivity contribution in [3.05, 3.63) is 47.1 Å². The predicted octanol–water partition coefficient (Wildman–Crippen LogP) is 3.91. The molecule has 0 aliphatic carbocycles. The monoisotopic (exact) mass is 487 g/mol. The van der Waals surface area contributed by atoms with Crippen molar-refractivity contribution in [1.82, 2.24) is 14.9 Å². The molecule has 9 heteroatoms. The number of rotatable bonds is 5. The van der Waals surface area contributed by atoms with Crippen molar-refractivity contribution in [2.24, 2.45) is 0 Å². The molecule has 1 aliphatic heterocycles. The van der Waals surface area contributed by atoms with Crippen LogP contribution in [0.4, 0.5) is 10.8 Å². The van der Waals surface area contributed by atoms with Crippen molar-refractivity contribution in [3.8, 4) is 0 Å². The molecular formula is C21H22BrN5O2S. The number of nitrogens with one attached hydrogen (secondary N) is 1. The number of thiazole rings is 1. The maximum Gasteiger partial charge on any atom is 0.224 e. The highest BCUT2D eigenvalue weighted by atomic mass is 79.9. The van der Waals surface area contributed by atoms with Gasteiger partial charge in [-0.25, -0.2) is 9.97 Å². The summed E-state index contributed by atoms with van der Waals surface area (Å²) in [6, 6.07) is 11.2. The van der Waals surface area contributed by atoms with E-state index < -0.39 is 0 Å². The highest BCUT2D eigenvalue weighted by molar-refractivity contribution is 9.10. The highest BCUT2D eigenvalue weighted by Gasteiger charge is 2.21. The van der Waals surface area contributed by atoms with Crippen molar-refractivity contribution >= 4 is 60.2 Å². The molecule has 3 heterocycles. The second-order valence-electron chi connectivity index (χ2n) is 7.10. The Labute approximate surface area is 187 Å². The minimum Gasteiger partial charge on any atom is -0.346 e. The number of benzene rings is 1. The molecule has 0 radical (unpaired) electrons. The summed E-state index contributed by atoms with van der Waals surface area (Å²) in [6.45, 7) is 2.92. The molecular weight excluding hydrogens is 466 g/mol. The summed E-state index contributed by atoms with van der Waals surface area (Å²) in [4.78, 5) is 38.8. The Hall–Kier alpha value is -2.52. The fourth-order valence-electron chi connectivity index (χ4n) is 3.39. The van der Waals surface area contributed by atoms with E-state index in [0.29, 0.717) is 13.1 Å². The van der Waals surface area contributed by atoms with Crippen molar-refractivity contribution in [2.75, 3.05) is 36.4 Å². The molecule has 0 saturated carbocycles. The van der Waals surface area contributed by atoms with E-state index in [2.05, 4.69) is 36.1 Å². The smallest absolute Gasteiger partial charge is 0.224 e. The lowest BCUT2D eigenvalue weighted by molar-refractivity contribution is -0.132. The molecule has 0 atom stereocenters. The first-order valence-electron chi connectivity index (χ1n) is 9.88. The summed E-state index contributed by atoms with van der Waals surface area (Å²) >= 11 is 4.95. The fraction of sp³-hybridized carbons (Fsp3) is 0.333. The van der Waals surface area contributed by atoms with E-state index in [9.17, 15) is 9.59 Å². The Kier molecular flexibility index (Phi) is 6.59. The summed E-state index contributed by atoms with van der Waals surface area (Å²) in [6.07, 6.45) is 3.05. The first kappa shape index (κ1) is 20.7. The third kappa shape index (κ3) is 5.14. The lowest BCUT2D eigenvalue weighted by Gasteiger charge is -2.21. The lowest BCUT2D eigenvalue weighted by Crippen LogP contribution is -2.35. The van der Waals surface area contributed by atoms with Crippen LogP contribution in [0.2, 0.25) is 0 Å². The van der Waals surface area contributed by atoms with Gasteiger partial charge in [-0.05, 0) is 42.8 Å². The van der Waals surface area contributed by atoms with Crippen LogP contribution in [0.3, 0.4) is 0 Å². The van der Waals surface area contributed by atoms with Gasteiger partial charge in [0.15, 0.2) is 5.13 Å². The largest absolute Gasteiger partial charge is 0.346 e. The van der Waals surface area contributed by atoms with Crippen LogP contribution >= 0.6 is 27.3 Å². The lowest BCUT2D eigenvalue weighted by atomic mass is 10.2. The summed E-state index contributed by atoms with van der Waals surface area (Å²) in [5.41, 5.74) is 1.64. The number of anilines is 2. The van der Waals surface area contributed by atoms with E-state index >= 15 is 0 Å². The molecule has 7 nitrogen and oxygen atoms in total. The van der Waals surface area contributed by atoms with Crippen LogP contribution in [0.25, 0.3) is 10.3 Å². The van der Waals surface area contributed by atoms with Crippen molar-refractivity contribution in [1.29, 1.82) is 0 Å². The minimum atomic E-state index is -0.149. The van der Waals surface area contributed by atoms with Gasteiger partial charge in [-0.15, -0.1) is 0 Å². The van der Waals surface area contributed by atoms with E-state index in [-0.39, 0.29) is 24.7 Å². The molecule has 1 saturated heterocycles. The number of carbonyl (C=O) groups excluding carboxylic acids is 2. The van der Waals surface area contributed by atoms with Crippen molar-refractivity contribution in [3.63, 3.8) is 0 Å². The zero-order chi connectivity index (χ0) is 20.9. The van der Waals surface area contributed by atoms with Crippen LogP contribution in [0.5, 0.6) is 0 Å². The van der Waals surface area contributed by atoms with Crippen LogP contribution in [0, 0.1) is 0 Å². The van der Waals surface area contributed by atoms with E-state index in [0.717, 1.165) is 45.1 Å². The zero-order valence-corrected chi connectivity index (χ0v) is 18.8. The Morgan fingerprint density at radius 1 is 1.07 bits per heavy atom. The highest BCUT2D eigenvalue weighted by Crippen LogP contribution is 2.27. The van der Waals surface area contributed by atoms with Gasteiger partial charge in [-0.1, -0.05) is 27.3 Å². The molecule has 0 bridgehead atoms. The van der Waals surface area contributed by atoms with Gasteiger partial charge in [0, 0.05) is 55.4 Å². The van der Waals surface area contributed by atoms with Gasteiger partial charge in [0.05, 0.1) is 0 Å². The first-order chi connectivity index (χ1) is 14.6. The van der Waals surface area contributed by atoms with Crippen molar-refractivity contribution < 1.29 is 9.59 Å². The minimum absolute atomic E-state index is 0.0220. The van der Waals surface area contributed by atoms with Crippen LogP contribution in [-0.2, 0) is 9.59 Å². The van der Waals surface area contributed by atoms with E-state index in [1.54, 1.807) is 17.5 Å². The average Bonchev–Trinajstić information content (AvgIpc) is 3.03. The number of nitrogens with zero attached hydrogens (tertiary/aromatic N) is 4. The number of fused-ring (bicyclic) bond motifs is 1. The molecule has 2 amide bonds. The van der Waals surface area contributed by atoms with Gasteiger partial charge in [0.25, 0.3) is 0 Å². The Morgan fingerprint density at radius 3 is 2.70 bits per heavy atom. The summed E-state index contributed by atoms with van der Waals surface area (Å²) in [5.74, 6) is -0.127. The van der Waals surface area contributed by atoms with Gasteiger partial charge < -0.3 is 15.1 Å². The van der Waals surface area contributed by atoms with Crippen molar-refractivity contribution in [2.45, 2.75) is 19.3 Å². The molecule has 1 N–H and O–H groups in total. The summed E-state index contributed by atoms with van der Waals surface area (Å²) in [7, 11) is 0. The average molecular weight is 488 g/mol. The van der Waals surface area contributed by atoms with Crippen LogP contribution in [0.1, 0.15) is 19.3 Å². The molecule has 1 fully saturated rings. The number of pyridine rings is 1. The molecule has 3 aromatic rings. The van der Waals surface area contributed by atoms with E-state index in [1.165, 1.54) is 0 Å². The number of aromatic nitrogens is 2. The van der Waals surface area contributed by atoms with Gasteiger partial charge in [0.2, 0.25) is 11.8 Å².